The van der Waals surface area contributed by atoms with Crippen LogP contribution in [0.25, 0.3) is 0 Å². The first-order valence-corrected chi connectivity index (χ1v) is 16.5. The summed E-state index contributed by atoms with van der Waals surface area (Å²) >= 11 is 0. The van der Waals surface area contributed by atoms with Gasteiger partial charge in [0, 0.05) is 6.54 Å². The van der Waals surface area contributed by atoms with Crippen molar-refractivity contribution in [3.05, 3.63) is 12.7 Å². The number of carbonyl (C=O) groups excluding carboxylic acids is 1. The number of nitrogens with one attached hydrogen (secondary N) is 1. The highest BCUT2D eigenvalue weighted by atomic mass is 28.5. The minimum Gasteiger partial charge on any atom is -0.437 e. The Bertz CT molecular complexity index is 319. The Kier molecular flexibility index (Phi) is 7.61. The van der Waals surface area contributed by atoms with Crippen molar-refractivity contribution in [2.75, 3.05) is 6.54 Å². The van der Waals surface area contributed by atoms with Gasteiger partial charge in [0.1, 0.15) is 0 Å². The van der Waals surface area contributed by atoms with Crippen LogP contribution in [0.4, 0.5) is 0 Å². The van der Waals surface area contributed by atoms with Crippen molar-refractivity contribution in [1.29, 1.82) is 0 Å². The summed E-state index contributed by atoms with van der Waals surface area (Å²) in [5.74, 6) is -0.120. The molecule has 0 radical (unpaired) electrons. The zero-order chi connectivity index (χ0) is 16.0. The van der Waals surface area contributed by atoms with Crippen molar-refractivity contribution < 1.29 is 13.0 Å². The molecule has 0 aromatic rings. The second kappa shape index (κ2) is 7.69. The van der Waals surface area contributed by atoms with Gasteiger partial charge in [0.2, 0.25) is 5.91 Å². The van der Waals surface area contributed by atoms with E-state index in [1.54, 1.807) is 0 Å². The van der Waals surface area contributed by atoms with E-state index in [1.807, 2.05) is 0 Å². The lowest BCUT2D eigenvalue weighted by atomic mass is 10.4. The van der Waals surface area contributed by atoms with Crippen LogP contribution in [0.5, 0.6) is 0 Å². The normalized spacial score (nSPS) is 13.2. The molecule has 0 rings (SSSR count). The monoisotopic (exact) mass is 333 g/mol. The van der Waals surface area contributed by atoms with E-state index in [-0.39, 0.29) is 5.91 Å². The predicted molar refractivity (Wildman–Crippen MR) is 93.1 cm³/mol. The van der Waals surface area contributed by atoms with Crippen LogP contribution >= 0.6 is 0 Å². The zero-order valence-electron chi connectivity index (χ0n) is 14.1. The van der Waals surface area contributed by atoms with Gasteiger partial charge in [-0.15, -0.1) is 0 Å². The van der Waals surface area contributed by atoms with Crippen molar-refractivity contribution >= 4 is 31.1 Å². The average molecular weight is 334 g/mol. The Morgan fingerprint density at radius 1 is 1.05 bits per heavy atom. The average Bonchev–Trinajstić information content (AvgIpc) is 2.18. The number of hydrogen-bond donors (Lipinski definition) is 1. The molecule has 0 spiro atoms. The molecule has 0 saturated carbocycles. The molecule has 0 aliphatic rings. The molecule has 0 aliphatic carbocycles. The number of amides is 1. The van der Waals surface area contributed by atoms with Crippen LogP contribution in [-0.4, -0.2) is 37.6 Å². The minimum atomic E-state index is -2.16. The molecular weight excluding hydrogens is 302 g/mol. The van der Waals surface area contributed by atoms with E-state index in [4.69, 9.17) is 8.23 Å². The fourth-order valence-electron chi connectivity index (χ4n) is 2.11. The van der Waals surface area contributed by atoms with E-state index < -0.39 is 25.2 Å². The van der Waals surface area contributed by atoms with Crippen molar-refractivity contribution in [2.45, 2.75) is 58.3 Å². The van der Waals surface area contributed by atoms with Crippen LogP contribution in [0.1, 0.15) is 6.42 Å². The Hall–Kier alpha value is -0.219. The maximum Gasteiger partial charge on any atom is 0.314 e. The smallest absolute Gasteiger partial charge is 0.314 e. The first-order valence-electron chi connectivity index (χ1n) is 7.17. The summed E-state index contributed by atoms with van der Waals surface area (Å²) in [6.45, 7) is 19.5. The fraction of sp³-hybridized carbons (Fsp3) is 0.769. The van der Waals surface area contributed by atoms with Gasteiger partial charge in [-0.1, -0.05) is 6.58 Å². The highest BCUT2D eigenvalue weighted by Gasteiger charge is 2.39. The van der Waals surface area contributed by atoms with Gasteiger partial charge in [0.05, 0.1) is 0 Å². The molecule has 0 heterocycles. The van der Waals surface area contributed by atoms with Crippen molar-refractivity contribution in [2.24, 2.45) is 0 Å². The number of carbonyl (C=O) groups is 1. The first-order chi connectivity index (χ1) is 8.87. The topological polar surface area (TPSA) is 47.6 Å². The van der Waals surface area contributed by atoms with Gasteiger partial charge in [-0.25, -0.2) is 0 Å². The molecule has 0 unspecified atom stereocenters. The van der Waals surface area contributed by atoms with E-state index in [9.17, 15) is 4.79 Å². The Morgan fingerprint density at radius 3 is 1.85 bits per heavy atom. The summed E-state index contributed by atoms with van der Waals surface area (Å²) in [6, 6.07) is 0.916. The van der Waals surface area contributed by atoms with Gasteiger partial charge in [-0.3, -0.25) is 4.79 Å². The molecule has 0 bridgehead atoms. The molecule has 0 aliphatic heterocycles. The van der Waals surface area contributed by atoms with E-state index in [2.05, 4.69) is 57.7 Å². The van der Waals surface area contributed by atoms with Gasteiger partial charge in [-0.2, -0.15) is 0 Å². The largest absolute Gasteiger partial charge is 0.437 e. The number of rotatable bonds is 9. The van der Waals surface area contributed by atoms with E-state index in [0.29, 0.717) is 6.54 Å². The van der Waals surface area contributed by atoms with Crippen LogP contribution in [0.15, 0.2) is 12.7 Å². The molecule has 0 atom stereocenters. The predicted octanol–water partition coefficient (Wildman–Crippen LogP) is 3.45. The third-order valence-electron chi connectivity index (χ3n) is 2.34. The third-order valence-corrected chi connectivity index (χ3v) is 12.0. The van der Waals surface area contributed by atoms with Crippen LogP contribution in [-0.2, 0) is 13.0 Å². The Morgan fingerprint density at radius 2 is 1.50 bits per heavy atom. The van der Waals surface area contributed by atoms with Gasteiger partial charge < -0.3 is 13.5 Å². The minimum absolute atomic E-state index is 0.120. The van der Waals surface area contributed by atoms with Gasteiger partial charge in [0.25, 0.3) is 0 Å². The summed E-state index contributed by atoms with van der Waals surface area (Å²) in [5, 5.41) is 2.81. The molecule has 7 heteroatoms. The maximum absolute atomic E-state index is 11.1. The lowest BCUT2D eigenvalue weighted by Gasteiger charge is -2.38. The molecule has 0 saturated heterocycles. The molecular formula is C13H31NO3Si3. The van der Waals surface area contributed by atoms with Crippen LogP contribution < -0.4 is 5.32 Å². The van der Waals surface area contributed by atoms with E-state index >= 15 is 0 Å². The summed E-state index contributed by atoms with van der Waals surface area (Å²) < 4.78 is 12.8. The molecule has 1 N–H and O–H groups in total. The maximum atomic E-state index is 11.1. The Balaban J connectivity index is 4.54. The van der Waals surface area contributed by atoms with Crippen LogP contribution in [0.3, 0.4) is 0 Å². The van der Waals surface area contributed by atoms with Gasteiger partial charge in [-0.05, 0) is 64.4 Å². The second-order valence-corrected chi connectivity index (χ2v) is 20.0. The van der Waals surface area contributed by atoms with E-state index in [1.165, 1.54) is 6.08 Å². The van der Waals surface area contributed by atoms with Crippen LogP contribution in [0, 0.1) is 0 Å². The van der Waals surface area contributed by atoms with E-state index in [0.717, 1.165) is 12.5 Å². The highest BCUT2D eigenvalue weighted by Crippen LogP contribution is 2.25. The molecule has 0 aromatic heterocycles. The first kappa shape index (κ1) is 19.8. The van der Waals surface area contributed by atoms with Crippen molar-refractivity contribution in [3.8, 4) is 0 Å². The zero-order valence-corrected chi connectivity index (χ0v) is 17.1. The fourth-order valence-corrected chi connectivity index (χ4v) is 14.7. The summed E-state index contributed by atoms with van der Waals surface area (Å²) in [6.07, 6.45) is 2.19. The lowest BCUT2D eigenvalue weighted by molar-refractivity contribution is -0.116. The second-order valence-electron chi connectivity index (χ2n) is 7.16. The highest BCUT2D eigenvalue weighted by molar-refractivity contribution is 6.87. The molecule has 118 valence electrons. The third kappa shape index (κ3) is 10.6. The standard InChI is InChI=1S/C13H31NO3Si3/c1-9-13(15)14-11-10-12-20(8,16-18(2,3)4)17-19(5,6)7/h9H,1,10-12H2,2-8H3,(H,14,15). The quantitative estimate of drug-likeness (QED) is 0.399. The van der Waals surface area contributed by atoms with Crippen LogP contribution in [0.2, 0.25) is 51.9 Å². The summed E-state index contributed by atoms with van der Waals surface area (Å²) in [4.78, 5) is 11.1. The molecule has 4 nitrogen and oxygen atoms in total. The lowest BCUT2D eigenvalue weighted by Crippen LogP contribution is -2.52. The molecule has 20 heavy (non-hydrogen) atoms. The summed E-state index contributed by atoms with van der Waals surface area (Å²) in [7, 11) is -5.41. The SMILES string of the molecule is C=CC(=O)NCCC[Si](C)(O[Si](C)(C)C)O[Si](C)(C)C. The molecule has 0 fully saturated rings. The van der Waals surface area contributed by atoms with Crippen molar-refractivity contribution in [1.82, 2.24) is 5.32 Å². The molecule has 0 aromatic carbocycles. The number of hydrogen-bond acceptors (Lipinski definition) is 3. The van der Waals surface area contributed by atoms with Gasteiger partial charge in [0.15, 0.2) is 16.6 Å². The van der Waals surface area contributed by atoms with Gasteiger partial charge >= 0.3 is 8.56 Å². The Labute approximate surface area is 127 Å². The van der Waals surface area contributed by atoms with Crippen molar-refractivity contribution in [3.63, 3.8) is 0 Å². The summed E-state index contributed by atoms with van der Waals surface area (Å²) in [5.41, 5.74) is 0. The molecule has 1 amide bonds.